The number of aryl methyl sites for hydroxylation is 1. The third-order valence-corrected chi connectivity index (χ3v) is 7.16. The summed E-state index contributed by atoms with van der Waals surface area (Å²) in [7, 11) is 0. The number of nitrogens with one attached hydrogen (secondary N) is 2. The quantitative estimate of drug-likeness (QED) is 0.387. The first-order valence-corrected chi connectivity index (χ1v) is 12.8. The Kier molecular flexibility index (Phi) is 8.85. The van der Waals surface area contributed by atoms with Crippen LogP contribution in [0.25, 0.3) is 0 Å². The highest BCUT2D eigenvalue weighted by atomic mass is 32.1. The van der Waals surface area contributed by atoms with Gasteiger partial charge in [-0.05, 0) is 55.6 Å². The van der Waals surface area contributed by atoms with E-state index >= 15 is 0 Å². The number of carbonyl (C=O) groups is 2. The van der Waals surface area contributed by atoms with Gasteiger partial charge in [-0.1, -0.05) is 0 Å². The Morgan fingerprint density at radius 3 is 2.36 bits per heavy atom. The minimum Gasteiger partial charge on any atom is -0.349 e. The molecule has 2 amide bonds. The fraction of sp³-hybridized carbons (Fsp3) is 0.400. The summed E-state index contributed by atoms with van der Waals surface area (Å²) in [6, 6.07) is 6.18. The number of carbonyl (C=O) groups excluding carboxylic acids is 2. The Bertz CT molecular complexity index is 1290. The lowest BCUT2D eigenvalue weighted by atomic mass is 10.0. The van der Waals surface area contributed by atoms with Crippen LogP contribution in [0.15, 0.2) is 36.7 Å². The van der Waals surface area contributed by atoms with Crippen molar-refractivity contribution in [1.82, 2.24) is 24.6 Å². The van der Waals surface area contributed by atoms with E-state index in [0.717, 1.165) is 17.7 Å². The summed E-state index contributed by atoms with van der Waals surface area (Å²) < 4.78 is 67.5. The highest BCUT2D eigenvalue weighted by Crippen LogP contribution is 2.27. The van der Waals surface area contributed by atoms with Gasteiger partial charge in [0.2, 0.25) is 0 Å². The summed E-state index contributed by atoms with van der Waals surface area (Å²) in [4.78, 5) is 35.0. The van der Waals surface area contributed by atoms with Crippen LogP contribution in [0.3, 0.4) is 0 Å². The molecule has 39 heavy (non-hydrogen) atoms. The van der Waals surface area contributed by atoms with Gasteiger partial charge in [0.15, 0.2) is 5.69 Å². The first-order chi connectivity index (χ1) is 18.5. The van der Waals surface area contributed by atoms with Gasteiger partial charge in [-0.3, -0.25) is 19.5 Å². The minimum absolute atomic E-state index is 0.0829. The standard InChI is InChI=1S/C25H25F5N6O2S/c1-14-22(19(39-35-14)10-18-11-32-20(12-31-18)25(28,29)30)24(38)34-16-4-2-15(3-5-16)23(37)33-17-6-8-36(9-7-17)13-21(26)27/h2-5,11-12,17,21H,6-10,13H2,1H3,(H,33,37)(H,34,38). The largest absolute Gasteiger partial charge is 0.434 e. The molecule has 0 spiro atoms. The van der Waals surface area contributed by atoms with Crippen molar-refractivity contribution in [3.8, 4) is 0 Å². The maximum atomic E-state index is 13.0. The average Bonchev–Trinajstić information content (AvgIpc) is 3.25. The molecule has 0 unspecified atom stereocenters. The van der Waals surface area contributed by atoms with E-state index in [1.807, 2.05) is 0 Å². The molecule has 1 aliphatic heterocycles. The van der Waals surface area contributed by atoms with Crippen molar-refractivity contribution >= 4 is 29.0 Å². The molecule has 0 aliphatic carbocycles. The first kappa shape index (κ1) is 28.5. The molecule has 2 N–H and O–H groups in total. The van der Waals surface area contributed by atoms with Gasteiger partial charge in [0, 0.05) is 47.9 Å². The Balaban J connectivity index is 1.34. The van der Waals surface area contributed by atoms with Crippen LogP contribution in [0, 0.1) is 6.92 Å². The number of hydrogen-bond donors (Lipinski definition) is 2. The summed E-state index contributed by atoms with van der Waals surface area (Å²) in [5.41, 5.74) is 0.734. The van der Waals surface area contributed by atoms with Crippen LogP contribution < -0.4 is 10.6 Å². The lowest BCUT2D eigenvalue weighted by Gasteiger charge is -2.32. The van der Waals surface area contributed by atoms with Crippen molar-refractivity contribution in [1.29, 1.82) is 0 Å². The summed E-state index contributed by atoms with van der Waals surface area (Å²) in [6.45, 7) is 2.37. The molecule has 14 heteroatoms. The lowest BCUT2D eigenvalue weighted by Crippen LogP contribution is -2.45. The minimum atomic E-state index is -4.59. The van der Waals surface area contributed by atoms with Crippen molar-refractivity contribution in [3.63, 3.8) is 0 Å². The van der Waals surface area contributed by atoms with E-state index in [1.165, 1.54) is 0 Å². The Hall–Kier alpha value is -3.52. The van der Waals surface area contributed by atoms with E-state index in [9.17, 15) is 31.5 Å². The molecular formula is C25H25F5N6O2S. The summed E-state index contributed by atoms with van der Waals surface area (Å²) in [5.74, 6) is -0.748. The van der Waals surface area contributed by atoms with Gasteiger partial charge in [-0.25, -0.2) is 13.8 Å². The number of amides is 2. The first-order valence-electron chi connectivity index (χ1n) is 12.1. The van der Waals surface area contributed by atoms with Gasteiger partial charge in [0.25, 0.3) is 18.2 Å². The van der Waals surface area contributed by atoms with Crippen molar-refractivity contribution < 1.29 is 31.5 Å². The molecular weight excluding hydrogens is 543 g/mol. The van der Waals surface area contributed by atoms with Crippen LogP contribution in [0.1, 0.15) is 55.5 Å². The number of anilines is 1. The molecule has 0 saturated carbocycles. The van der Waals surface area contributed by atoms with Crippen LogP contribution in [0.5, 0.6) is 0 Å². The monoisotopic (exact) mass is 568 g/mol. The second kappa shape index (κ2) is 12.1. The number of hydrogen-bond acceptors (Lipinski definition) is 7. The number of rotatable bonds is 8. The van der Waals surface area contributed by atoms with E-state index in [0.29, 0.717) is 59.5 Å². The van der Waals surface area contributed by atoms with Gasteiger partial charge in [-0.2, -0.15) is 17.5 Å². The maximum Gasteiger partial charge on any atom is 0.434 e. The second-order valence-corrected chi connectivity index (χ2v) is 9.96. The van der Waals surface area contributed by atoms with Crippen LogP contribution in [0.2, 0.25) is 0 Å². The molecule has 208 valence electrons. The number of piperidine rings is 1. The van der Waals surface area contributed by atoms with Gasteiger partial charge in [0.05, 0.1) is 29.7 Å². The van der Waals surface area contributed by atoms with Gasteiger partial charge < -0.3 is 10.6 Å². The summed E-state index contributed by atoms with van der Waals surface area (Å²) in [6.07, 6.45) is -4.05. The van der Waals surface area contributed by atoms with Crippen LogP contribution in [-0.2, 0) is 12.6 Å². The highest BCUT2D eigenvalue weighted by molar-refractivity contribution is 7.06. The average molecular weight is 569 g/mol. The van der Waals surface area contributed by atoms with E-state index in [2.05, 4.69) is 25.0 Å². The fourth-order valence-electron chi connectivity index (χ4n) is 4.21. The number of aromatic nitrogens is 3. The zero-order chi connectivity index (χ0) is 28.2. The lowest BCUT2D eigenvalue weighted by molar-refractivity contribution is -0.141. The van der Waals surface area contributed by atoms with Crippen molar-refractivity contribution in [2.24, 2.45) is 0 Å². The van der Waals surface area contributed by atoms with Crippen molar-refractivity contribution in [2.75, 3.05) is 25.0 Å². The predicted octanol–water partition coefficient (Wildman–Crippen LogP) is 4.56. The van der Waals surface area contributed by atoms with Gasteiger partial charge in [-0.15, -0.1) is 0 Å². The normalized spacial score (nSPS) is 14.9. The molecule has 0 radical (unpaired) electrons. The predicted molar refractivity (Wildman–Crippen MR) is 134 cm³/mol. The highest BCUT2D eigenvalue weighted by Gasteiger charge is 2.33. The van der Waals surface area contributed by atoms with E-state index in [4.69, 9.17) is 0 Å². The molecule has 4 rings (SSSR count). The SMILES string of the molecule is Cc1nsc(Cc2cnc(C(F)(F)F)cn2)c1C(=O)Nc1ccc(C(=O)NC2CCN(CC(F)F)CC2)cc1. The zero-order valence-electron chi connectivity index (χ0n) is 20.8. The van der Waals surface area contributed by atoms with Gasteiger partial charge >= 0.3 is 6.18 Å². The molecule has 3 aromatic rings. The zero-order valence-corrected chi connectivity index (χ0v) is 21.6. The number of halogens is 5. The molecule has 1 aromatic carbocycles. The fourth-order valence-corrected chi connectivity index (χ4v) is 5.09. The number of alkyl halides is 5. The molecule has 8 nitrogen and oxygen atoms in total. The molecule has 2 aromatic heterocycles. The van der Waals surface area contributed by atoms with E-state index in [1.54, 1.807) is 36.1 Å². The third kappa shape index (κ3) is 7.53. The Morgan fingerprint density at radius 1 is 1.08 bits per heavy atom. The Labute approximate surface area is 224 Å². The molecule has 1 saturated heterocycles. The van der Waals surface area contributed by atoms with Crippen LogP contribution in [0.4, 0.5) is 27.6 Å². The number of likely N-dealkylation sites (tertiary alicyclic amines) is 1. The third-order valence-electron chi connectivity index (χ3n) is 6.22. The smallest absolute Gasteiger partial charge is 0.349 e. The van der Waals surface area contributed by atoms with Gasteiger partial charge in [0.1, 0.15) is 0 Å². The number of nitrogens with zero attached hydrogens (tertiary/aromatic N) is 4. The summed E-state index contributed by atoms with van der Waals surface area (Å²) in [5, 5.41) is 5.67. The van der Waals surface area contributed by atoms with Crippen molar-refractivity contribution in [3.05, 3.63) is 69.7 Å². The maximum absolute atomic E-state index is 13.0. The second-order valence-electron chi connectivity index (χ2n) is 9.10. The molecule has 1 fully saturated rings. The summed E-state index contributed by atoms with van der Waals surface area (Å²) >= 11 is 1.05. The van der Waals surface area contributed by atoms with Crippen LogP contribution in [-0.4, -0.2) is 63.2 Å². The molecule has 1 aliphatic rings. The van der Waals surface area contributed by atoms with Crippen molar-refractivity contribution in [2.45, 2.75) is 44.8 Å². The van der Waals surface area contributed by atoms with E-state index in [-0.39, 0.29) is 30.6 Å². The van der Waals surface area contributed by atoms with E-state index < -0.39 is 24.2 Å². The Morgan fingerprint density at radius 2 is 1.77 bits per heavy atom. The molecule has 3 heterocycles. The molecule has 0 atom stereocenters. The van der Waals surface area contributed by atoms with Crippen LogP contribution >= 0.6 is 11.5 Å². The molecule has 0 bridgehead atoms. The number of benzene rings is 1. The topological polar surface area (TPSA) is 100 Å².